The van der Waals surface area contributed by atoms with Crippen LogP contribution >= 0.6 is 15.9 Å². The Morgan fingerprint density at radius 1 is 1.22 bits per heavy atom. The number of nitrogens with zero attached hydrogens (tertiary/aromatic N) is 2. The van der Waals surface area contributed by atoms with Gasteiger partial charge in [0.05, 0.1) is 5.69 Å². The summed E-state index contributed by atoms with van der Waals surface area (Å²) >= 11 is 3.54. The van der Waals surface area contributed by atoms with Gasteiger partial charge >= 0.3 is 0 Å². The van der Waals surface area contributed by atoms with Gasteiger partial charge in [0.2, 0.25) is 5.95 Å². The van der Waals surface area contributed by atoms with Gasteiger partial charge in [-0.25, -0.2) is 9.97 Å². The third-order valence-electron chi connectivity index (χ3n) is 2.47. The Hall–Kier alpha value is -1.46. The molecule has 94 valence electrons. The fourth-order valence-electron chi connectivity index (χ4n) is 1.60. The summed E-state index contributed by atoms with van der Waals surface area (Å²) in [6.07, 6.45) is 2.54. The topological polar surface area (TPSA) is 63.8 Å². The molecule has 1 aromatic heterocycles. The predicted octanol–water partition coefficient (Wildman–Crippen LogP) is 2.20. The smallest absolute Gasteiger partial charge is 0.222 e. The van der Waals surface area contributed by atoms with Crippen molar-refractivity contribution in [2.24, 2.45) is 5.73 Å². The average molecular weight is 307 g/mol. The van der Waals surface area contributed by atoms with Crippen molar-refractivity contribution in [1.82, 2.24) is 9.97 Å². The highest BCUT2D eigenvalue weighted by Crippen LogP contribution is 2.18. The molecule has 0 saturated heterocycles. The van der Waals surface area contributed by atoms with Crippen LogP contribution in [0.4, 0.5) is 5.95 Å². The monoisotopic (exact) mass is 306 g/mol. The lowest BCUT2D eigenvalue weighted by molar-refractivity contribution is 0.963. The fourth-order valence-corrected chi connectivity index (χ4v) is 2.03. The Bertz CT molecular complexity index is 516. The number of nitrogens with one attached hydrogen (secondary N) is 1. The molecule has 0 aliphatic rings. The number of hydrogen-bond donors (Lipinski definition) is 2. The zero-order valence-corrected chi connectivity index (χ0v) is 11.5. The van der Waals surface area contributed by atoms with Gasteiger partial charge in [0, 0.05) is 30.2 Å². The zero-order valence-electron chi connectivity index (χ0n) is 9.94. The number of aromatic nitrogens is 2. The molecular weight excluding hydrogens is 292 g/mol. The molecule has 0 saturated carbocycles. The van der Waals surface area contributed by atoms with Crippen LogP contribution in [0.1, 0.15) is 11.3 Å². The maximum atomic E-state index is 5.43. The Balaban J connectivity index is 2.12. The fraction of sp³-hybridized carbons (Fsp3) is 0.231. The van der Waals surface area contributed by atoms with E-state index < -0.39 is 0 Å². The van der Waals surface area contributed by atoms with Crippen molar-refractivity contribution in [2.75, 3.05) is 18.4 Å². The second-order valence-corrected chi connectivity index (χ2v) is 4.71. The van der Waals surface area contributed by atoms with Crippen LogP contribution in [0.5, 0.6) is 0 Å². The molecule has 4 nitrogen and oxygen atoms in total. The Morgan fingerprint density at radius 2 is 2.06 bits per heavy atom. The van der Waals surface area contributed by atoms with Crippen LogP contribution in [0.3, 0.4) is 0 Å². The molecular formula is C13H15BrN4. The van der Waals surface area contributed by atoms with E-state index in [-0.39, 0.29) is 0 Å². The zero-order chi connectivity index (χ0) is 12.8. The predicted molar refractivity (Wildman–Crippen MR) is 76.5 cm³/mol. The summed E-state index contributed by atoms with van der Waals surface area (Å²) < 4.78 is 1.10. The lowest BCUT2D eigenvalue weighted by atomic mass is 10.1. The van der Waals surface area contributed by atoms with Gasteiger partial charge in [-0.05, 0) is 17.7 Å². The second-order valence-electron chi connectivity index (χ2n) is 3.86. The van der Waals surface area contributed by atoms with E-state index in [1.165, 1.54) is 5.56 Å². The van der Waals surface area contributed by atoms with Crippen molar-refractivity contribution in [2.45, 2.75) is 6.42 Å². The molecule has 0 aliphatic heterocycles. The van der Waals surface area contributed by atoms with E-state index in [4.69, 9.17) is 5.73 Å². The molecule has 0 bridgehead atoms. The summed E-state index contributed by atoms with van der Waals surface area (Å²) in [6, 6.07) is 10.1. The Labute approximate surface area is 115 Å². The van der Waals surface area contributed by atoms with Crippen LogP contribution in [0.15, 0.2) is 41.0 Å². The Kier molecular flexibility index (Phi) is 4.66. The second kappa shape index (κ2) is 6.47. The molecule has 0 spiro atoms. The SMILES string of the molecule is NCCNc1nccc(Cc2ccccc2Br)n1. The number of nitrogens with two attached hydrogens (primary N) is 1. The van der Waals surface area contributed by atoms with Crippen molar-refractivity contribution < 1.29 is 0 Å². The van der Waals surface area contributed by atoms with Crippen molar-refractivity contribution in [3.63, 3.8) is 0 Å². The third kappa shape index (κ3) is 3.51. The molecule has 0 amide bonds. The van der Waals surface area contributed by atoms with Crippen LogP contribution in [-0.2, 0) is 6.42 Å². The van der Waals surface area contributed by atoms with Gasteiger partial charge in [0.25, 0.3) is 0 Å². The van der Waals surface area contributed by atoms with Gasteiger partial charge in [0.1, 0.15) is 0 Å². The molecule has 0 atom stereocenters. The first kappa shape index (κ1) is 13.0. The summed E-state index contributed by atoms with van der Waals surface area (Å²) in [5.74, 6) is 0.630. The minimum absolute atomic E-state index is 0.567. The highest BCUT2D eigenvalue weighted by Gasteiger charge is 2.03. The van der Waals surface area contributed by atoms with E-state index in [1.54, 1.807) is 6.20 Å². The molecule has 1 heterocycles. The molecule has 0 unspecified atom stereocenters. The van der Waals surface area contributed by atoms with Gasteiger partial charge in [-0.2, -0.15) is 0 Å². The van der Waals surface area contributed by atoms with Crippen LogP contribution in [0, 0.1) is 0 Å². The van der Waals surface area contributed by atoms with Gasteiger partial charge in [-0.3, -0.25) is 0 Å². The average Bonchev–Trinajstić information content (AvgIpc) is 2.40. The molecule has 1 aromatic carbocycles. The molecule has 0 fully saturated rings. The quantitative estimate of drug-likeness (QED) is 0.889. The maximum absolute atomic E-state index is 5.43. The first-order valence-corrected chi connectivity index (χ1v) is 6.58. The van der Waals surface area contributed by atoms with Crippen molar-refractivity contribution in [3.8, 4) is 0 Å². The van der Waals surface area contributed by atoms with Crippen LogP contribution in [0.2, 0.25) is 0 Å². The lowest BCUT2D eigenvalue weighted by Gasteiger charge is -2.06. The minimum Gasteiger partial charge on any atom is -0.353 e. The molecule has 0 radical (unpaired) electrons. The highest BCUT2D eigenvalue weighted by molar-refractivity contribution is 9.10. The largest absolute Gasteiger partial charge is 0.353 e. The first-order chi connectivity index (χ1) is 8.79. The minimum atomic E-state index is 0.567. The van der Waals surface area contributed by atoms with Crippen molar-refractivity contribution in [1.29, 1.82) is 0 Å². The summed E-state index contributed by atoms with van der Waals surface area (Å²) in [5.41, 5.74) is 7.63. The summed E-state index contributed by atoms with van der Waals surface area (Å²) in [7, 11) is 0. The molecule has 2 aromatic rings. The number of hydrogen-bond acceptors (Lipinski definition) is 4. The van der Waals surface area contributed by atoms with Crippen LogP contribution in [0.25, 0.3) is 0 Å². The summed E-state index contributed by atoms with van der Waals surface area (Å²) in [5, 5.41) is 3.08. The molecule has 18 heavy (non-hydrogen) atoms. The van der Waals surface area contributed by atoms with Gasteiger partial charge < -0.3 is 11.1 Å². The van der Waals surface area contributed by atoms with E-state index in [0.717, 1.165) is 16.6 Å². The van der Waals surface area contributed by atoms with Gasteiger partial charge in [-0.15, -0.1) is 0 Å². The normalized spacial score (nSPS) is 10.3. The summed E-state index contributed by atoms with van der Waals surface area (Å²) in [4.78, 5) is 8.60. The number of halogens is 1. The number of anilines is 1. The molecule has 5 heteroatoms. The Morgan fingerprint density at radius 3 is 2.83 bits per heavy atom. The third-order valence-corrected chi connectivity index (χ3v) is 3.24. The molecule has 3 N–H and O–H groups in total. The van der Waals surface area contributed by atoms with E-state index in [0.29, 0.717) is 19.0 Å². The molecule has 0 aliphatic carbocycles. The highest BCUT2D eigenvalue weighted by atomic mass is 79.9. The van der Waals surface area contributed by atoms with E-state index in [1.807, 2.05) is 24.3 Å². The van der Waals surface area contributed by atoms with E-state index >= 15 is 0 Å². The van der Waals surface area contributed by atoms with Gasteiger partial charge in [0.15, 0.2) is 0 Å². The number of rotatable bonds is 5. The first-order valence-electron chi connectivity index (χ1n) is 5.79. The van der Waals surface area contributed by atoms with Crippen molar-refractivity contribution >= 4 is 21.9 Å². The van der Waals surface area contributed by atoms with E-state index in [9.17, 15) is 0 Å². The standard InChI is InChI=1S/C13H15BrN4/c14-12-4-2-1-3-10(12)9-11-5-7-16-13(18-11)17-8-6-15/h1-5,7H,6,8-9,15H2,(H,16,17,18). The van der Waals surface area contributed by atoms with E-state index in [2.05, 4.69) is 37.3 Å². The summed E-state index contributed by atoms with van der Waals surface area (Å²) in [6.45, 7) is 1.25. The van der Waals surface area contributed by atoms with Crippen LogP contribution < -0.4 is 11.1 Å². The number of benzene rings is 1. The molecule has 2 rings (SSSR count). The van der Waals surface area contributed by atoms with Crippen molar-refractivity contribution in [3.05, 3.63) is 52.3 Å². The maximum Gasteiger partial charge on any atom is 0.222 e. The van der Waals surface area contributed by atoms with Gasteiger partial charge in [-0.1, -0.05) is 34.1 Å². The van der Waals surface area contributed by atoms with Crippen LogP contribution in [-0.4, -0.2) is 23.1 Å². The lowest BCUT2D eigenvalue weighted by Crippen LogP contribution is -2.15.